The van der Waals surface area contributed by atoms with Crippen LogP contribution in [0.1, 0.15) is 19.4 Å². The lowest BCUT2D eigenvalue weighted by molar-refractivity contribution is -0.149. The maximum atomic E-state index is 12.5. The Labute approximate surface area is 149 Å². The maximum absolute atomic E-state index is 12.5. The summed E-state index contributed by atoms with van der Waals surface area (Å²) < 4.78 is 5.01. The van der Waals surface area contributed by atoms with E-state index < -0.39 is 17.1 Å². The van der Waals surface area contributed by atoms with E-state index >= 15 is 0 Å². The Morgan fingerprint density at radius 1 is 1.16 bits per heavy atom. The van der Waals surface area contributed by atoms with Gasteiger partial charge in [-0.1, -0.05) is 42.5 Å². The van der Waals surface area contributed by atoms with Gasteiger partial charge in [0.05, 0.1) is 11.0 Å². The van der Waals surface area contributed by atoms with Gasteiger partial charge in [0.1, 0.15) is 6.54 Å². The zero-order valence-corrected chi connectivity index (χ0v) is 14.7. The molecule has 0 unspecified atom stereocenters. The first kappa shape index (κ1) is 17.2. The smallest absolute Gasteiger partial charge is 0.326 e. The van der Waals surface area contributed by atoms with Crippen LogP contribution in [0.2, 0.25) is 0 Å². The lowest BCUT2D eigenvalue weighted by atomic mass is 10.0. The molecule has 0 N–H and O–H groups in total. The second-order valence-electron chi connectivity index (χ2n) is 5.87. The minimum Gasteiger partial charge on any atom is -0.462 e. The molecule has 128 valence electrons. The van der Waals surface area contributed by atoms with Crippen LogP contribution in [0.3, 0.4) is 0 Å². The average molecular weight is 355 g/mol. The van der Waals surface area contributed by atoms with Crippen molar-refractivity contribution < 1.29 is 19.1 Å². The van der Waals surface area contributed by atoms with Crippen LogP contribution < -0.4 is 0 Å². The van der Waals surface area contributed by atoms with Crippen LogP contribution >= 0.6 is 11.8 Å². The molecule has 0 bridgehead atoms. The van der Waals surface area contributed by atoms with E-state index in [1.165, 1.54) is 0 Å². The highest BCUT2D eigenvalue weighted by molar-refractivity contribution is 8.18. The molecule has 1 saturated heterocycles. The van der Waals surface area contributed by atoms with Crippen molar-refractivity contribution in [3.63, 3.8) is 0 Å². The number of hydrogen-bond acceptors (Lipinski definition) is 5. The van der Waals surface area contributed by atoms with Crippen molar-refractivity contribution in [3.8, 4) is 0 Å². The van der Waals surface area contributed by atoms with Gasteiger partial charge < -0.3 is 4.74 Å². The third kappa shape index (κ3) is 3.74. The number of nitrogens with zero attached hydrogens (tertiary/aromatic N) is 1. The molecule has 2 amide bonds. The van der Waals surface area contributed by atoms with Crippen molar-refractivity contribution in [2.24, 2.45) is 0 Å². The summed E-state index contributed by atoms with van der Waals surface area (Å²) in [6.07, 6.45) is 1.40. The average Bonchev–Trinajstić information content (AvgIpc) is 2.82. The quantitative estimate of drug-likeness (QED) is 0.616. The summed E-state index contributed by atoms with van der Waals surface area (Å²) in [5, 5.41) is 1.59. The van der Waals surface area contributed by atoms with Crippen LogP contribution in [0.25, 0.3) is 16.8 Å². The van der Waals surface area contributed by atoms with E-state index in [4.69, 9.17) is 4.74 Å². The number of benzene rings is 2. The highest BCUT2D eigenvalue weighted by Crippen LogP contribution is 2.33. The standard InChI is InChI=1S/C19H17NO4S/c1-12(2)24-17(21)11-20-18(22)16(25-19(20)23)10-14-8-5-7-13-6-3-4-9-15(13)14/h3-10,12H,11H2,1-2H3/b16-10-. The minimum absolute atomic E-state index is 0.293. The normalized spacial score (nSPS) is 16.3. The maximum Gasteiger partial charge on any atom is 0.326 e. The third-order valence-corrected chi connectivity index (χ3v) is 4.55. The Morgan fingerprint density at radius 3 is 2.64 bits per heavy atom. The molecule has 1 heterocycles. The summed E-state index contributed by atoms with van der Waals surface area (Å²) in [6, 6.07) is 13.6. The van der Waals surface area contributed by atoms with E-state index in [0.29, 0.717) is 4.91 Å². The molecule has 1 aliphatic rings. The number of esters is 1. The summed E-state index contributed by atoms with van der Waals surface area (Å²) in [6.45, 7) is 3.06. The fraction of sp³-hybridized carbons (Fsp3) is 0.211. The van der Waals surface area contributed by atoms with Crippen LogP contribution in [-0.4, -0.2) is 34.7 Å². The molecule has 25 heavy (non-hydrogen) atoms. The molecule has 0 atom stereocenters. The van der Waals surface area contributed by atoms with Gasteiger partial charge >= 0.3 is 5.97 Å². The Morgan fingerprint density at radius 2 is 1.88 bits per heavy atom. The van der Waals surface area contributed by atoms with Crippen LogP contribution in [0.15, 0.2) is 47.4 Å². The van der Waals surface area contributed by atoms with Crippen LogP contribution in [0, 0.1) is 0 Å². The lowest BCUT2D eigenvalue weighted by Gasteiger charge is -2.13. The van der Waals surface area contributed by atoms with Crippen LogP contribution in [-0.2, 0) is 14.3 Å². The molecule has 1 aliphatic heterocycles. The van der Waals surface area contributed by atoms with Gasteiger partial charge in [0.15, 0.2) is 0 Å². The number of rotatable bonds is 4. The number of carbonyl (C=O) groups excluding carboxylic acids is 3. The number of thioether (sulfide) groups is 1. The fourth-order valence-electron chi connectivity index (χ4n) is 2.58. The molecule has 2 aromatic rings. The van der Waals surface area contributed by atoms with Crippen molar-refractivity contribution >= 4 is 45.7 Å². The van der Waals surface area contributed by atoms with Crippen molar-refractivity contribution in [2.75, 3.05) is 6.54 Å². The molecule has 0 saturated carbocycles. The summed E-state index contributed by atoms with van der Waals surface area (Å²) in [4.78, 5) is 37.5. The summed E-state index contributed by atoms with van der Waals surface area (Å²) >= 11 is 0.837. The Balaban J connectivity index is 1.86. The van der Waals surface area contributed by atoms with Crippen molar-refractivity contribution in [1.29, 1.82) is 0 Å². The van der Waals surface area contributed by atoms with Gasteiger partial charge in [0, 0.05) is 0 Å². The number of hydrogen-bond donors (Lipinski definition) is 0. The number of carbonyl (C=O) groups is 3. The molecule has 2 aromatic carbocycles. The van der Waals surface area contributed by atoms with Gasteiger partial charge in [-0.05, 0) is 48.0 Å². The monoisotopic (exact) mass is 355 g/mol. The molecule has 0 radical (unpaired) electrons. The predicted molar refractivity (Wildman–Crippen MR) is 97.9 cm³/mol. The number of amides is 2. The summed E-state index contributed by atoms with van der Waals surface area (Å²) in [7, 11) is 0. The SMILES string of the molecule is CC(C)OC(=O)CN1C(=O)S/C(=C\c2cccc3ccccc23)C1=O. The number of ether oxygens (including phenoxy) is 1. The highest BCUT2D eigenvalue weighted by atomic mass is 32.2. The largest absolute Gasteiger partial charge is 0.462 e. The topological polar surface area (TPSA) is 63.7 Å². The Hall–Kier alpha value is -2.60. The third-order valence-electron chi connectivity index (χ3n) is 3.64. The van der Waals surface area contributed by atoms with Crippen LogP contribution in [0.4, 0.5) is 4.79 Å². The van der Waals surface area contributed by atoms with E-state index in [-0.39, 0.29) is 12.6 Å². The van der Waals surface area contributed by atoms with Crippen molar-refractivity contribution in [3.05, 3.63) is 52.9 Å². The first-order valence-corrected chi connectivity index (χ1v) is 8.70. The van der Waals surface area contributed by atoms with Crippen molar-refractivity contribution in [1.82, 2.24) is 4.90 Å². The molecule has 6 heteroatoms. The summed E-state index contributed by atoms with van der Waals surface area (Å²) in [5.41, 5.74) is 0.855. The van der Waals surface area contributed by atoms with Gasteiger partial charge in [-0.25, -0.2) is 0 Å². The van der Waals surface area contributed by atoms with Gasteiger partial charge in [0.25, 0.3) is 11.1 Å². The number of fused-ring (bicyclic) bond motifs is 1. The van der Waals surface area contributed by atoms with E-state index in [1.807, 2.05) is 42.5 Å². The second kappa shape index (κ2) is 7.11. The zero-order valence-electron chi connectivity index (χ0n) is 13.9. The van der Waals surface area contributed by atoms with Gasteiger partial charge in [0.2, 0.25) is 0 Å². The fourth-order valence-corrected chi connectivity index (χ4v) is 3.41. The van der Waals surface area contributed by atoms with E-state index in [1.54, 1.807) is 19.9 Å². The molecule has 1 fully saturated rings. The predicted octanol–water partition coefficient (Wildman–Crippen LogP) is 3.83. The Bertz CT molecular complexity index is 883. The van der Waals surface area contributed by atoms with E-state index in [9.17, 15) is 14.4 Å². The lowest BCUT2D eigenvalue weighted by Crippen LogP contribution is -2.35. The first-order chi connectivity index (χ1) is 12.0. The number of imide groups is 1. The Kier molecular flexibility index (Phi) is 4.90. The van der Waals surface area contributed by atoms with Crippen LogP contribution in [0.5, 0.6) is 0 Å². The molecular formula is C19H17NO4S. The molecule has 0 spiro atoms. The highest BCUT2D eigenvalue weighted by Gasteiger charge is 2.36. The first-order valence-electron chi connectivity index (χ1n) is 7.88. The second-order valence-corrected chi connectivity index (χ2v) is 6.87. The van der Waals surface area contributed by atoms with E-state index in [0.717, 1.165) is 33.0 Å². The van der Waals surface area contributed by atoms with E-state index in [2.05, 4.69) is 0 Å². The molecule has 5 nitrogen and oxygen atoms in total. The van der Waals surface area contributed by atoms with Crippen molar-refractivity contribution in [2.45, 2.75) is 20.0 Å². The molecular weight excluding hydrogens is 338 g/mol. The van der Waals surface area contributed by atoms with Gasteiger partial charge in [-0.15, -0.1) is 0 Å². The minimum atomic E-state index is -0.594. The van der Waals surface area contributed by atoms with Gasteiger partial charge in [-0.2, -0.15) is 0 Å². The van der Waals surface area contributed by atoms with Gasteiger partial charge in [-0.3, -0.25) is 19.3 Å². The molecule has 0 aromatic heterocycles. The summed E-state index contributed by atoms with van der Waals surface area (Å²) in [5.74, 6) is -1.06. The zero-order chi connectivity index (χ0) is 18.0. The molecule has 3 rings (SSSR count). The molecule has 0 aliphatic carbocycles.